The maximum Gasteiger partial charge on any atom is 0.229 e. The number of halogens is 1. The summed E-state index contributed by atoms with van der Waals surface area (Å²) >= 11 is 5.98. The van der Waals surface area contributed by atoms with Crippen molar-refractivity contribution in [1.29, 1.82) is 0 Å². The fourth-order valence-corrected chi connectivity index (χ4v) is 2.99. The molecular formula is C15H24ClN3O. The first-order chi connectivity index (χ1) is 9.74. The third-order valence-electron chi connectivity index (χ3n) is 3.71. The summed E-state index contributed by atoms with van der Waals surface area (Å²) in [6, 6.07) is 2.39. The lowest BCUT2D eigenvalue weighted by Gasteiger charge is -2.34. The Kier molecular flexibility index (Phi) is 5.89. The van der Waals surface area contributed by atoms with E-state index in [4.69, 9.17) is 16.3 Å². The molecule has 1 aromatic heterocycles. The topological polar surface area (TPSA) is 38.2 Å². The van der Waals surface area contributed by atoms with Gasteiger partial charge in [-0.1, -0.05) is 19.3 Å². The monoisotopic (exact) mass is 297 g/mol. The quantitative estimate of drug-likeness (QED) is 0.753. The van der Waals surface area contributed by atoms with Crippen molar-refractivity contribution in [1.82, 2.24) is 9.97 Å². The summed E-state index contributed by atoms with van der Waals surface area (Å²) in [7, 11) is 0. The van der Waals surface area contributed by atoms with E-state index in [9.17, 15) is 0 Å². The van der Waals surface area contributed by atoms with E-state index in [0.29, 0.717) is 24.4 Å². The summed E-state index contributed by atoms with van der Waals surface area (Å²) in [4.78, 5) is 11.4. The van der Waals surface area contributed by atoms with Gasteiger partial charge in [0.05, 0.1) is 6.61 Å². The van der Waals surface area contributed by atoms with E-state index in [-0.39, 0.29) is 0 Å². The largest absolute Gasteiger partial charge is 0.478 e. The lowest BCUT2D eigenvalue weighted by molar-refractivity contribution is 0.325. The lowest BCUT2D eigenvalue weighted by atomic mass is 9.94. The van der Waals surface area contributed by atoms with Gasteiger partial charge in [0.15, 0.2) is 0 Å². The molecule has 0 aromatic carbocycles. The van der Waals surface area contributed by atoms with Crippen LogP contribution >= 0.6 is 11.6 Å². The zero-order valence-electron chi connectivity index (χ0n) is 12.4. The van der Waals surface area contributed by atoms with Crippen LogP contribution in [0.15, 0.2) is 6.07 Å². The summed E-state index contributed by atoms with van der Waals surface area (Å²) in [6.45, 7) is 5.36. The van der Waals surface area contributed by atoms with Gasteiger partial charge < -0.3 is 9.64 Å². The molecule has 1 fully saturated rings. The maximum atomic E-state index is 5.98. The van der Waals surface area contributed by atoms with Gasteiger partial charge in [-0.2, -0.15) is 4.98 Å². The first kappa shape index (κ1) is 15.4. The Morgan fingerprint density at radius 1 is 1.30 bits per heavy atom. The number of nitrogens with zero attached hydrogens (tertiary/aromatic N) is 3. The maximum absolute atomic E-state index is 5.98. The molecular weight excluding hydrogens is 274 g/mol. The van der Waals surface area contributed by atoms with Gasteiger partial charge in [-0.3, -0.25) is 0 Å². The van der Waals surface area contributed by atoms with Crippen LogP contribution in [0.1, 0.15) is 44.7 Å². The summed E-state index contributed by atoms with van der Waals surface area (Å²) in [6.07, 6.45) is 6.32. The fourth-order valence-electron chi connectivity index (χ4n) is 2.80. The Bertz CT molecular complexity index is 422. The van der Waals surface area contributed by atoms with E-state index in [1.54, 1.807) is 0 Å². The van der Waals surface area contributed by atoms with E-state index in [0.717, 1.165) is 18.2 Å². The second-order valence-electron chi connectivity index (χ2n) is 5.25. The van der Waals surface area contributed by atoms with Crippen LogP contribution < -0.4 is 9.64 Å². The second kappa shape index (κ2) is 7.67. The van der Waals surface area contributed by atoms with Crippen LogP contribution in [-0.2, 0) is 0 Å². The fraction of sp³-hybridized carbons (Fsp3) is 0.733. The van der Waals surface area contributed by atoms with Crippen LogP contribution in [0.4, 0.5) is 5.95 Å². The Labute approximate surface area is 126 Å². The van der Waals surface area contributed by atoms with E-state index >= 15 is 0 Å². The number of aromatic nitrogens is 2. The normalized spacial score (nSPS) is 16.1. The molecule has 2 rings (SSSR count). The van der Waals surface area contributed by atoms with Gasteiger partial charge in [-0.25, -0.2) is 4.98 Å². The minimum atomic E-state index is 0.513. The highest BCUT2D eigenvalue weighted by atomic mass is 35.5. The number of alkyl halides is 1. The van der Waals surface area contributed by atoms with Gasteiger partial charge in [-0.15, -0.1) is 11.6 Å². The Morgan fingerprint density at radius 3 is 2.70 bits per heavy atom. The molecule has 0 aliphatic heterocycles. The second-order valence-corrected chi connectivity index (χ2v) is 5.63. The highest BCUT2D eigenvalue weighted by molar-refractivity contribution is 6.18. The number of rotatable bonds is 6. The predicted molar refractivity (Wildman–Crippen MR) is 82.9 cm³/mol. The molecule has 0 amide bonds. The minimum absolute atomic E-state index is 0.513. The van der Waals surface area contributed by atoms with Gasteiger partial charge in [0, 0.05) is 30.2 Å². The molecule has 0 bridgehead atoms. The van der Waals surface area contributed by atoms with Crippen molar-refractivity contribution < 1.29 is 4.74 Å². The first-order valence-corrected chi connectivity index (χ1v) is 8.09. The summed E-state index contributed by atoms with van der Waals surface area (Å²) in [5.41, 5.74) is 0.939. The molecule has 112 valence electrons. The Balaban J connectivity index is 2.22. The lowest BCUT2D eigenvalue weighted by Crippen LogP contribution is -2.39. The van der Waals surface area contributed by atoms with Crippen LogP contribution in [0.25, 0.3) is 0 Å². The number of ether oxygens (including phenoxy) is 1. The van der Waals surface area contributed by atoms with Crippen molar-refractivity contribution in [3.8, 4) is 5.88 Å². The van der Waals surface area contributed by atoms with Gasteiger partial charge in [0.2, 0.25) is 11.8 Å². The summed E-state index contributed by atoms with van der Waals surface area (Å²) < 4.78 is 5.53. The average molecular weight is 298 g/mol. The number of aryl methyl sites for hydroxylation is 1. The standard InChI is InChI=1S/C15H24ClN3O/c1-3-20-14-11-12(2)17-15(18-14)19(10-9-16)13-7-5-4-6-8-13/h11,13H,3-10H2,1-2H3. The van der Waals surface area contributed by atoms with Gasteiger partial charge in [0.1, 0.15) is 0 Å². The molecule has 20 heavy (non-hydrogen) atoms. The number of anilines is 1. The molecule has 0 atom stereocenters. The van der Waals surface area contributed by atoms with Crippen molar-refractivity contribution in [3.05, 3.63) is 11.8 Å². The van der Waals surface area contributed by atoms with Crippen molar-refractivity contribution >= 4 is 17.5 Å². The summed E-state index contributed by atoms with van der Waals surface area (Å²) in [5, 5.41) is 0. The number of hydrogen-bond acceptors (Lipinski definition) is 4. The van der Waals surface area contributed by atoms with Crippen LogP contribution in [0, 0.1) is 6.92 Å². The van der Waals surface area contributed by atoms with E-state index in [2.05, 4.69) is 14.9 Å². The molecule has 1 saturated carbocycles. The van der Waals surface area contributed by atoms with E-state index in [1.165, 1.54) is 32.1 Å². The molecule has 1 aliphatic carbocycles. The number of hydrogen-bond donors (Lipinski definition) is 0. The van der Waals surface area contributed by atoms with Crippen molar-refractivity contribution in [2.45, 2.75) is 52.0 Å². The molecule has 0 radical (unpaired) electrons. The Morgan fingerprint density at radius 2 is 2.05 bits per heavy atom. The van der Waals surface area contributed by atoms with Crippen LogP contribution in [0.3, 0.4) is 0 Å². The molecule has 0 N–H and O–H groups in total. The third-order valence-corrected chi connectivity index (χ3v) is 3.88. The molecule has 4 nitrogen and oxygen atoms in total. The highest BCUT2D eigenvalue weighted by Gasteiger charge is 2.23. The SMILES string of the molecule is CCOc1cc(C)nc(N(CCCl)C2CCCCC2)n1. The van der Waals surface area contributed by atoms with Crippen molar-refractivity contribution in [3.63, 3.8) is 0 Å². The predicted octanol–water partition coefficient (Wildman–Crippen LogP) is 3.56. The molecule has 0 unspecified atom stereocenters. The first-order valence-electron chi connectivity index (χ1n) is 7.55. The molecule has 5 heteroatoms. The zero-order chi connectivity index (χ0) is 14.4. The van der Waals surface area contributed by atoms with E-state index in [1.807, 2.05) is 19.9 Å². The van der Waals surface area contributed by atoms with Gasteiger partial charge in [0.25, 0.3) is 0 Å². The van der Waals surface area contributed by atoms with Gasteiger partial charge in [-0.05, 0) is 26.7 Å². The smallest absolute Gasteiger partial charge is 0.229 e. The van der Waals surface area contributed by atoms with Crippen molar-refractivity contribution in [2.75, 3.05) is 23.9 Å². The highest BCUT2D eigenvalue weighted by Crippen LogP contribution is 2.26. The van der Waals surface area contributed by atoms with Crippen LogP contribution in [0.5, 0.6) is 5.88 Å². The average Bonchev–Trinajstić information content (AvgIpc) is 2.45. The van der Waals surface area contributed by atoms with Crippen LogP contribution in [-0.4, -0.2) is 35.0 Å². The molecule has 1 aromatic rings. The molecule has 1 aliphatic rings. The van der Waals surface area contributed by atoms with E-state index < -0.39 is 0 Å². The molecule has 0 spiro atoms. The Hall–Kier alpha value is -1.03. The zero-order valence-corrected chi connectivity index (χ0v) is 13.2. The molecule has 0 saturated heterocycles. The molecule has 1 heterocycles. The summed E-state index contributed by atoms with van der Waals surface area (Å²) in [5.74, 6) is 2.02. The minimum Gasteiger partial charge on any atom is -0.478 e. The van der Waals surface area contributed by atoms with Crippen LogP contribution in [0.2, 0.25) is 0 Å². The third kappa shape index (κ3) is 3.98. The van der Waals surface area contributed by atoms with Crippen molar-refractivity contribution in [2.24, 2.45) is 0 Å². The van der Waals surface area contributed by atoms with Gasteiger partial charge >= 0.3 is 0 Å².